The summed E-state index contributed by atoms with van der Waals surface area (Å²) >= 11 is 13.2. The van der Waals surface area contributed by atoms with Crippen LogP contribution < -0.4 is 5.32 Å². The van der Waals surface area contributed by atoms with Gasteiger partial charge in [-0.05, 0) is 47.2 Å². The molecule has 0 unspecified atom stereocenters. The van der Waals surface area contributed by atoms with E-state index in [0.717, 1.165) is 22.5 Å². The van der Waals surface area contributed by atoms with Crippen molar-refractivity contribution in [1.82, 2.24) is 4.31 Å². The molecule has 4 rings (SSSR count). The molecule has 1 amide bonds. The number of nitrogens with one attached hydrogen (secondary N) is 1. The van der Waals surface area contributed by atoms with E-state index in [1.807, 2.05) is 24.3 Å². The first kappa shape index (κ1) is 20.4. The van der Waals surface area contributed by atoms with Gasteiger partial charge in [0.15, 0.2) is 0 Å². The van der Waals surface area contributed by atoms with E-state index in [2.05, 4.69) is 5.32 Å². The Balaban J connectivity index is 1.71. The van der Waals surface area contributed by atoms with Gasteiger partial charge in [0.1, 0.15) is 10.3 Å². The third kappa shape index (κ3) is 4.06. The number of amides is 1. The topological polar surface area (TPSA) is 66.5 Å². The third-order valence-electron chi connectivity index (χ3n) is 4.76. The van der Waals surface area contributed by atoms with Crippen LogP contribution in [0.4, 0.5) is 5.69 Å². The fraction of sp³-hybridized carbons (Fsp3) is 0.150. The Hall–Kier alpha value is -1.90. The summed E-state index contributed by atoms with van der Waals surface area (Å²) in [5.41, 5.74) is 2.22. The van der Waals surface area contributed by atoms with Crippen LogP contribution in [0.1, 0.15) is 11.1 Å². The zero-order valence-corrected chi connectivity index (χ0v) is 18.2. The second-order valence-electron chi connectivity index (χ2n) is 6.58. The Morgan fingerprint density at radius 2 is 1.83 bits per heavy atom. The highest BCUT2D eigenvalue weighted by Crippen LogP contribution is 2.32. The molecule has 0 aliphatic carbocycles. The summed E-state index contributed by atoms with van der Waals surface area (Å²) in [6.07, 6.45) is 0.276. The van der Waals surface area contributed by atoms with Crippen molar-refractivity contribution in [2.24, 2.45) is 0 Å². The predicted molar refractivity (Wildman–Crippen MR) is 116 cm³/mol. The normalized spacial score (nSPS) is 17.0. The van der Waals surface area contributed by atoms with Gasteiger partial charge in [-0.2, -0.15) is 4.31 Å². The van der Waals surface area contributed by atoms with E-state index in [4.69, 9.17) is 23.2 Å². The Morgan fingerprint density at radius 1 is 1.07 bits per heavy atom. The molecule has 0 saturated carbocycles. The minimum atomic E-state index is -3.83. The van der Waals surface area contributed by atoms with Crippen LogP contribution in [0.2, 0.25) is 10.0 Å². The second-order valence-corrected chi connectivity index (χ2v) is 10.5. The average molecular weight is 467 g/mol. The lowest BCUT2D eigenvalue weighted by atomic mass is 9.95. The minimum absolute atomic E-state index is 0.128. The number of nitrogens with zero attached hydrogens (tertiary/aromatic N) is 1. The molecule has 0 saturated heterocycles. The fourth-order valence-corrected chi connectivity index (χ4v) is 6.45. The summed E-state index contributed by atoms with van der Waals surface area (Å²) in [6.45, 7) is 0.128. The van der Waals surface area contributed by atoms with Crippen LogP contribution in [-0.4, -0.2) is 24.7 Å². The number of sulfonamides is 1. The summed E-state index contributed by atoms with van der Waals surface area (Å²) in [6, 6.07) is 14.6. The molecule has 9 heteroatoms. The highest BCUT2D eigenvalue weighted by atomic mass is 35.5. The Bertz CT molecular complexity index is 1160. The molecule has 1 atom stereocenters. The number of hydrogen-bond acceptors (Lipinski definition) is 4. The van der Waals surface area contributed by atoms with Crippen LogP contribution in [0.3, 0.4) is 0 Å². The Kier molecular flexibility index (Phi) is 5.68. The molecule has 1 aliphatic heterocycles. The van der Waals surface area contributed by atoms with Crippen molar-refractivity contribution in [1.29, 1.82) is 0 Å². The molecule has 5 nitrogen and oxygen atoms in total. The number of fused-ring (bicyclic) bond motifs is 1. The summed E-state index contributed by atoms with van der Waals surface area (Å²) in [4.78, 5) is 13.1. The number of carbonyl (C=O) groups is 1. The van der Waals surface area contributed by atoms with Crippen molar-refractivity contribution < 1.29 is 13.2 Å². The number of anilines is 1. The molecule has 0 fully saturated rings. The molecule has 1 aromatic heterocycles. The summed E-state index contributed by atoms with van der Waals surface area (Å²) in [5.74, 6) is -0.441. The maximum atomic E-state index is 13.2. The molecule has 2 aromatic carbocycles. The molecular formula is C20H16Cl2N2O3S2. The van der Waals surface area contributed by atoms with Crippen LogP contribution in [0, 0.1) is 0 Å². The van der Waals surface area contributed by atoms with Crippen molar-refractivity contribution in [3.8, 4) is 0 Å². The van der Waals surface area contributed by atoms with Crippen LogP contribution in [0.15, 0.2) is 64.2 Å². The first-order valence-corrected chi connectivity index (χ1v) is 11.8. The average Bonchev–Trinajstić information content (AvgIpc) is 3.25. The monoisotopic (exact) mass is 466 g/mol. The lowest BCUT2D eigenvalue weighted by Crippen LogP contribution is -2.50. The Morgan fingerprint density at radius 3 is 2.52 bits per heavy atom. The van der Waals surface area contributed by atoms with E-state index >= 15 is 0 Å². The zero-order chi connectivity index (χ0) is 20.6. The van der Waals surface area contributed by atoms with Crippen LogP contribution in [0.5, 0.6) is 0 Å². The van der Waals surface area contributed by atoms with Gasteiger partial charge in [0.05, 0.1) is 10.7 Å². The predicted octanol–water partition coefficient (Wildman–Crippen LogP) is 4.81. The molecule has 1 N–H and O–H groups in total. The van der Waals surface area contributed by atoms with Gasteiger partial charge in [0.2, 0.25) is 5.91 Å². The minimum Gasteiger partial charge on any atom is -0.323 e. The number of carbonyl (C=O) groups excluding carboxylic acids is 1. The summed E-state index contributed by atoms with van der Waals surface area (Å²) in [5, 5.41) is 5.19. The van der Waals surface area contributed by atoms with E-state index in [1.54, 1.807) is 29.6 Å². The highest BCUT2D eigenvalue weighted by molar-refractivity contribution is 7.91. The van der Waals surface area contributed by atoms with Crippen molar-refractivity contribution in [3.63, 3.8) is 0 Å². The molecule has 3 aromatic rings. The van der Waals surface area contributed by atoms with E-state index in [-0.39, 0.29) is 22.2 Å². The molecule has 0 spiro atoms. The van der Waals surface area contributed by atoms with Gasteiger partial charge in [0, 0.05) is 11.6 Å². The molecule has 0 radical (unpaired) electrons. The van der Waals surface area contributed by atoms with Crippen molar-refractivity contribution >= 4 is 56.2 Å². The molecule has 0 bridgehead atoms. The van der Waals surface area contributed by atoms with Crippen molar-refractivity contribution in [3.05, 3.63) is 81.1 Å². The zero-order valence-electron chi connectivity index (χ0n) is 15.0. The van der Waals surface area contributed by atoms with Gasteiger partial charge in [-0.3, -0.25) is 4.79 Å². The van der Waals surface area contributed by atoms with Crippen LogP contribution in [-0.2, 0) is 27.8 Å². The molecular weight excluding hydrogens is 451 g/mol. The van der Waals surface area contributed by atoms with E-state index in [9.17, 15) is 13.2 Å². The number of thiophene rings is 1. The lowest BCUT2D eigenvalue weighted by Gasteiger charge is -2.34. The lowest BCUT2D eigenvalue weighted by molar-refractivity contribution is -0.120. The van der Waals surface area contributed by atoms with E-state index in [0.29, 0.717) is 10.7 Å². The molecule has 150 valence electrons. The first-order chi connectivity index (χ1) is 13.9. The summed E-state index contributed by atoms with van der Waals surface area (Å²) in [7, 11) is -3.83. The smallest absolute Gasteiger partial charge is 0.253 e. The molecule has 1 aliphatic rings. The number of hydrogen-bond donors (Lipinski definition) is 1. The summed E-state index contributed by atoms with van der Waals surface area (Å²) < 4.78 is 28.0. The quantitative estimate of drug-likeness (QED) is 0.599. The number of halogens is 2. The van der Waals surface area contributed by atoms with Gasteiger partial charge in [0.25, 0.3) is 10.0 Å². The second kappa shape index (κ2) is 8.08. The van der Waals surface area contributed by atoms with Gasteiger partial charge in [-0.1, -0.05) is 53.5 Å². The number of benzene rings is 2. The molecule has 2 heterocycles. The standard InChI is InChI=1S/C20H16Cl2N2O3S2/c21-15-7-8-17(16(22)11-15)23-20(25)18-10-13-4-1-2-5-14(13)12-24(18)29(26,27)19-6-3-9-28-19/h1-9,11,18H,10,12H2,(H,23,25)/t18-/m0/s1. The van der Waals surface area contributed by atoms with Gasteiger partial charge in [-0.25, -0.2) is 8.42 Å². The molecule has 29 heavy (non-hydrogen) atoms. The SMILES string of the molecule is O=C(Nc1ccc(Cl)cc1Cl)[C@@H]1Cc2ccccc2CN1S(=O)(=O)c1cccs1. The maximum absolute atomic E-state index is 13.2. The first-order valence-electron chi connectivity index (χ1n) is 8.74. The van der Waals surface area contributed by atoms with E-state index < -0.39 is 22.0 Å². The van der Waals surface area contributed by atoms with Crippen molar-refractivity contribution in [2.75, 3.05) is 5.32 Å². The van der Waals surface area contributed by atoms with Crippen LogP contribution >= 0.6 is 34.5 Å². The van der Waals surface area contributed by atoms with Crippen LogP contribution in [0.25, 0.3) is 0 Å². The number of rotatable bonds is 4. The van der Waals surface area contributed by atoms with Gasteiger partial charge < -0.3 is 5.32 Å². The highest BCUT2D eigenvalue weighted by Gasteiger charge is 2.40. The van der Waals surface area contributed by atoms with E-state index in [1.165, 1.54) is 10.4 Å². The fourth-order valence-electron chi connectivity index (χ4n) is 3.31. The third-order valence-corrected chi connectivity index (χ3v) is 8.53. The van der Waals surface area contributed by atoms with Crippen molar-refractivity contribution in [2.45, 2.75) is 23.2 Å². The largest absolute Gasteiger partial charge is 0.323 e. The van der Waals surface area contributed by atoms with Gasteiger partial charge in [-0.15, -0.1) is 11.3 Å². The van der Waals surface area contributed by atoms with Gasteiger partial charge >= 0.3 is 0 Å². The maximum Gasteiger partial charge on any atom is 0.253 e. The Labute approximate surface area is 182 Å².